The molecule has 0 amide bonds. The number of benzene rings is 1. The monoisotopic (exact) mass is 325 g/mol. The summed E-state index contributed by atoms with van der Waals surface area (Å²) in [6, 6.07) is 4.56. The molecule has 0 saturated heterocycles. The summed E-state index contributed by atoms with van der Waals surface area (Å²) in [5.74, 6) is -0.110. The van der Waals surface area contributed by atoms with E-state index in [9.17, 15) is 9.59 Å². The topological polar surface area (TPSA) is 55.4 Å². The number of ketones is 1. The van der Waals surface area contributed by atoms with Crippen LogP contribution in [0.5, 0.6) is 0 Å². The van der Waals surface area contributed by atoms with Crippen LogP contribution in [0.2, 0.25) is 5.02 Å². The van der Waals surface area contributed by atoms with Gasteiger partial charge in [0, 0.05) is 10.6 Å². The van der Waals surface area contributed by atoms with Crippen LogP contribution in [0.1, 0.15) is 43.1 Å². The van der Waals surface area contributed by atoms with Crippen molar-refractivity contribution < 1.29 is 14.3 Å². The van der Waals surface area contributed by atoms with E-state index in [1.54, 1.807) is 25.1 Å². The Hall–Kier alpha value is -1.39. The van der Waals surface area contributed by atoms with Gasteiger partial charge < -0.3 is 10.1 Å². The predicted molar refractivity (Wildman–Crippen MR) is 88.4 cm³/mol. The van der Waals surface area contributed by atoms with E-state index in [-0.39, 0.29) is 18.2 Å². The molecule has 0 aliphatic rings. The second-order valence-electron chi connectivity index (χ2n) is 5.69. The van der Waals surface area contributed by atoms with Crippen LogP contribution < -0.4 is 5.32 Å². The molecule has 4 nitrogen and oxygen atoms in total. The number of hydrogen-bond donors (Lipinski definition) is 1. The first-order valence-electron chi connectivity index (χ1n) is 7.54. The fourth-order valence-electron chi connectivity index (χ4n) is 2.02. The number of ether oxygens (including phenoxy) is 1. The van der Waals surface area contributed by atoms with Crippen molar-refractivity contribution in [2.24, 2.45) is 5.92 Å². The quantitative estimate of drug-likeness (QED) is 0.588. The van der Waals surface area contributed by atoms with Crippen molar-refractivity contribution in [3.63, 3.8) is 0 Å². The van der Waals surface area contributed by atoms with E-state index in [1.807, 2.05) is 20.8 Å². The molecule has 5 heteroatoms. The average Bonchev–Trinajstić information content (AvgIpc) is 2.45. The third kappa shape index (κ3) is 5.78. The molecule has 0 radical (unpaired) electrons. The summed E-state index contributed by atoms with van der Waals surface area (Å²) < 4.78 is 4.96. The number of esters is 1. The summed E-state index contributed by atoms with van der Waals surface area (Å²) in [5.41, 5.74) is 1.39. The molecule has 0 aromatic heterocycles. The zero-order valence-corrected chi connectivity index (χ0v) is 14.4. The molecule has 0 fully saturated rings. The Labute approximate surface area is 137 Å². The number of halogens is 1. The number of nitrogens with one attached hydrogen (secondary N) is 1. The lowest BCUT2D eigenvalue weighted by Gasteiger charge is -2.18. The van der Waals surface area contributed by atoms with E-state index in [2.05, 4.69) is 5.32 Å². The molecule has 1 atom stereocenters. The van der Waals surface area contributed by atoms with Crippen molar-refractivity contribution in [1.29, 1.82) is 0 Å². The molecule has 0 aliphatic carbocycles. The lowest BCUT2D eigenvalue weighted by atomic mass is 9.99. The van der Waals surface area contributed by atoms with Gasteiger partial charge in [-0.1, -0.05) is 25.4 Å². The predicted octanol–water partition coefficient (Wildman–Crippen LogP) is 3.40. The molecular formula is C17H24ClNO3. The first kappa shape index (κ1) is 18.7. The third-order valence-corrected chi connectivity index (χ3v) is 3.63. The molecular weight excluding hydrogens is 302 g/mol. The fraction of sp³-hybridized carbons (Fsp3) is 0.529. The molecule has 122 valence electrons. The Balaban J connectivity index is 2.89. The van der Waals surface area contributed by atoms with E-state index < -0.39 is 6.04 Å². The number of aryl methyl sites for hydroxylation is 1. The maximum Gasteiger partial charge on any atom is 0.307 e. The van der Waals surface area contributed by atoms with Crippen molar-refractivity contribution in [2.75, 3.05) is 13.2 Å². The van der Waals surface area contributed by atoms with Crippen molar-refractivity contribution in [2.45, 2.75) is 40.2 Å². The van der Waals surface area contributed by atoms with Gasteiger partial charge in [0.2, 0.25) is 0 Å². The van der Waals surface area contributed by atoms with Crippen LogP contribution in [0.3, 0.4) is 0 Å². The number of carbonyl (C=O) groups excluding carboxylic acids is 2. The van der Waals surface area contributed by atoms with Gasteiger partial charge in [0.1, 0.15) is 0 Å². The van der Waals surface area contributed by atoms with Gasteiger partial charge in [-0.05, 0) is 50.1 Å². The van der Waals surface area contributed by atoms with Gasteiger partial charge in [-0.3, -0.25) is 9.59 Å². The number of carbonyl (C=O) groups is 2. The van der Waals surface area contributed by atoms with Crippen LogP contribution in [-0.4, -0.2) is 30.9 Å². The van der Waals surface area contributed by atoms with Crippen LogP contribution in [0.15, 0.2) is 18.2 Å². The summed E-state index contributed by atoms with van der Waals surface area (Å²) in [7, 11) is 0. The molecule has 0 bridgehead atoms. The lowest BCUT2D eigenvalue weighted by Crippen LogP contribution is -2.40. The highest BCUT2D eigenvalue weighted by molar-refractivity contribution is 6.31. The largest absolute Gasteiger partial charge is 0.466 e. The zero-order chi connectivity index (χ0) is 16.7. The molecule has 0 aliphatic heterocycles. The minimum absolute atomic E-state index is 0.0288. The smallest absolute Gasteiger partial charge is 0.307 e. The minimum Gasteiger partial charge on any atom is -0.466 e. The molecule has 1 unspecified atom stereocenters. The normalized spacial score (nSPS) is 12.3. The highest BCUT2D eigenvalue weighted by atomic mass is 35.5. The molecule has 1 aromatic carbocycles. The van der Waals surface area contributed by atoms with Crippen molar-refractivity contribution >= 4 is 23.4 Å². The van der Waals surface area contributed by atoms with Crippen molar-refractivity contribution in [1.82, 2.24) is 5.32 Å². The van der Waals surface area contributed by atoms with E-state index in [0.29, 0.717) is 29.7 Å². The fourth-order valence-corrected chi connectivity index (χ4v) is 2.14. The first-order chi connectivity index (χ1) is 10.3. The summed E-state index contributed by atoms with van der Waals surface area (Å²) in [5, 5.41) is 3.78. The summed E-state index contributed by atoms with van der Waals surface area (Å²) in [6.45, 7) is 8.66. The number of Topliss-reactive ketones (excluding diaryl/α,β-unsaturated/α-hetero) is 1. The highest BCUT2D eigenvalue weighted by Gasteiger charge is 2.24. The van der Waals surface area contributed by atoms with E-state index >= 15 is 0 Å². The van der Waals surface area contributed by atoms with Crippen LogP contribution >= 0.6 is 11.6 Å². The average molecular weight is 326 g/mol. The zero-order valence-electron chi connectivity index (χ0n) is 13.6. The Morgan fingerprint density at radius 2 is 2.00 bits per heavy atom. The van der Waals surface area contributed by atoms with Crippen LogP contribution in [0.25, 0.3) is 0 Å². The van der Waals surface area contributed by atoms with Gasteiger partial charge in [0.25, 0.3) is 0 Å². The number of hydrogen-bond acceptors (Lipinski definition) is 4. The molecule has 0 heterocycles. The number of rotatable bonds is 8. The minimum atomic E-state index is -0.581. The van der Waals surface area contributed by atoms with Crippen LogP contribution in [0, 0.1) is 12.8 Å². The Morgan fingerprint density at radius 1 is 1.32 bits per heavy atom. The van der Waals surface area contributed by atoms with Gasteiger partial charge in [0.05, 0.1) is 19.1 Å². The third-order valence-electron chi connectivity index (χ3n) is 3.21. The van der Waals surface area contributed by atoms with E-state index in [4.69, 9.17) is 16.3 Å². The van der Waals surface area contributed by atoms with E-state index in [0.717, 1.165) is 5.56 Å². The molecule has 22 heavy (non-hydrogen) atoms. The van der Waals surface area contributed by atoms with E-state index in [1.165, 1.54) is 0 Å². The summed E-state index contributed by atoms with van der Waals surface area (Å²) >= 11 is 5.99. The first-order valence-corrected chi connectivity index (χ1v) is 7.92. The van der Waals surface area contributed by atoms with Gasteiger partial charge in [0.15, 0.2) is 5.78 Å². The maximum atomic E-state index is 12.6. The van der Waals surface area contributed by atoms with Crippen LogP contribution in [-0.2, 0) is 9.53 Å². The van der Waals surface area contributed by atoms with Gasteiger partial charge in [-0.2, -0.15) is 0 Å². The molecule has 0 spiro atoms. The van der Waals surface area contributed by atoms with Gasteiger partial charge in [-0.15, -0.1) is 0 Å². The maximum absolute atomic E-state index is 12.6. The highest BCUT2D eigenvalue weighted by Crippen LogP contribution is 2.18. The molecule has 0 saturated carbocycles. The standard InChI is InChI=1S/C17H24ClNO3/c1-5-22-16(20)9-15(19-10-11(2)3)17(21)13-6-7-14(18)12(4)8-13/h6-8,11,15,19H,5,9-10H2,1-4H3. The second kappa shape index (κ2) is 8.91. The van der Waals surface area contributed by atoms with Gasteiger partial charge >= 0.3 is 5.97 Å². The SMILES string of the molecule is CCOC(=O)CC(NCC(C)C)C(=O)c1ccc(Cl)c(C)c1. The Morgan fingerprint density at radius 3 is 2.55 bits per heavy atom. The summed E-state index contributed by atoms with van der Waals surface area (Å²) in [4.78, 5) is 24.4. The Bertz CT molecular complexity index is 529. The van der Waals surface area contributed by atoms with Gasteiger partial charge in [-0.25, -0.2) is 0 Å². The summed E-state index contributed by atoms with van der Waals surface area (Å²) in [6.07, 6.45) is 0.0288. The Kier molecular flexibility index (Phi) is 7.56. The van der Waals surface area contributed by atoms with Crippen molar-refractivity contribution in [3.05, 3.63) is 34.3 Å². The van der Waals surface area contributed by atoms with Crippen molar-refractivity contribution in [3.8, 4) is 0 Å². The second-order valence-corrected chi connectivity index (χ2v) is 6.10. The molecule has 1 N–H and O–H groups in total. The molecule has 1 aromatic rings. The molecule has 1 rings (SSSR count). The lowest BCUT2D eigenvalue weighted by molar-refractivity contribution is -0.143. The van der Waals surface area contributed by atoms with Crippen LogP contribution in [0.4, 0.5) is 0 Å².